The van der Waals surface area contributed by atoms with Crippen LogP contribution in [-0.2, 0) is 16.1 Å². The van der Waals surface area contributed by atoms with Gasteiger partial charge in [-0.3, -0.25) is 9.59 Å². The van der Waals surface area contributed by atoms with E-state index in [1.165, 1.54) is 13.2 Å². The molecule has 1 unspecified atom stereocenters. The summed E-state index contributed by atoms with van der Waals surface area (Å²) in [6, 6.07) is 4.69. The molecule has 0 aliphatic heterocycles. The summed E-state index contributed by atoms with van der Waals surface area (Å²) in [5.74, 6) is -0.129. The highest BCUT2D eigenvalue weighted by Crippen LogP contribution is 2.03. The van der Waals surface area contributed by atoms with Crippen LogP contribution in [0, 0.1) is 5.92 Å². The van der Waals surface area contributed by atoms with Crippen molar-refractivity contribution in [3.63, 3.8) is 0 Å². The fourth-order valence-corrected chi connectivity index (χ4v) is 1.70. The van der Waals surface area contributed by atoms with E-state index >= 15 is 0 Å². The number of pyridine rings is 1. The van der Waals surface area contributed by atoms with Gasteiger partial charge in [0.2, 0.25) is 0 Å². The van der Waals surface area contributed by atoms with Gasteiger partial charge in [0.25, 0.3) is 5.56 Å². The van der Waals surface area contributed by atoms with Gasteiger partial charge < -0.3 is 14.6 Å². The summed E-state index contributed by atoms with van der Waals surface area (Å²) in [4.78, 5) is 23.0. The fraction of sp³-hybridized carbons (Fsp3) is 0.538. The third-order valence-corrected chi connectivity index (χ3v) is 2.74. The minimum atomic E-state index is -0.339. The van der Waals surface area contributed by atoms with E-state index in [-0.39, 0.29) is 23.5 Å². The molecule has 0 saturated heterocycles. The van der Waals surface area contributed by atoms with Crippen molar-refractivity contribution >= 4 is 5.97 Å². The van der Waals surface area contributed by atoms with E-state index < -0.39 is 0 Å². The van der Waals surface area contributed by atoms with Crippen molar-refractivity contribution in [2.45, 2.75) is 26.4 Å². The number of carbonyl (C=O) groups is 1. The van der Waals surface area contributed by atoms with Crippen LogP contribution >= 0.6 is 0 Å². The zero-order valence-electron chi connectivity index (χ0n) is 11.1. The van der Waals surface area contributed by atoms with Crippen molar-refractivity contribution in [1.29, 1.82) is 0 Å². The molecule has 1 heterocycles. The summed E-state index contributed by atoms with van der Waals surface area (Å²) in [7, 11) is 1.38. The average molecular weight is 252 g/mol. The van der Waals surface area contributed by atoms with Gasteiger partial charge in [-0.05, 0) is 12.0 Å². The van der Waals surface area contributed by atoms with Gasteiger partial charge in [-0.25, -0.2) is 0 Å². The smallest absolute Gasteiger partial charge is 0.323 e. The van der Waals surface area contributed by atoms with E-state index in [2.05, 4.69) is 5.32 Å². The molecule has 1 aromatic heterocycles. The second-order valence-electron chi connectivity index (χ2n) is 4.43. The second-order valence-corrected chi connectivity index (χ2v) is 4.43. The molecule has 0 amide bonds. The monoisotopic (exact) mass is 252 g/mol. The van der Waals surface area contributed by atoms with Gasteiger partial charge in [0.1, 0.15) is 6.04 Å². The average Bonchev–Trinajstić information content (AvgIpc) is 2.35. The maximum absolute atomic E-state index is 11.5. The Labute approximate surface area is 107 Å². The molecule has 0 radical (unpaired) electrons. The molecular weight excluding hydrogens is 232 g/mol. The third kappa shape index (κ3) is 4.00. The molecule has 1 rings (SSSR count). The summed E-state index contributed by atoms with van der Waals surface area (Å²) in [5, 5.41) is 3.11. The van der Waals surface area contributed by atoms with E-state index in [1.807, 2.05) is 19.9 Å². The molecule has 0 aliphatic carbocycles. The Hall–Kier alpha value is -1.62. The molecule has 5 heteroatoms. The Bertz CT molecular complexity index is 440. The minimum absolute atomic E-state index is 0.0431. The van der Waals surface area contributed by atoms with Crippen molar-refractivity contribution in [1.82, 2.24) is 9.88 Å². The van der Waals surface area contributed by atoms with Crippen molar-refractivity contribution in [2.75, 3.05) is 13.7 Å². The Balaban J connectivity index is 2.52. The highest BCUT2D eigenvalue weighted by Gasteiger charge is 2.21. The zero-order valence-corrected chi connectivity index (χ0v) is 11.1. The lowest BCUT2D eigenvalue weighted by molar-refractivity contribution is -0.144. The Kier molecular flexibility index (Phi) is 5.58. The zero-order chi connectivity index (χ0) is 13.5. The Morgan fingerprint density at radius 1 is 1.44 bits per heavy atom. The molecule has 18 heavy (non-hydrogen) atoms. The highest BCUT2D eigenvalue weighted by atomic mass is 16.5. The summed E-state index contributed by atoms with van der Waals surface area (Å²) in [6.07, 6.45) is 1.73. The maximum atomic E-state index is 11.5. The van der Waals surface area contributed by atoms with Crippen LogP contribution in [0.3, 0.4) is 0 Å². The highest BCUT2D eigenvalue weighted by molar-refractivity contribution is 5.75. The number of nitrogens with zero attached hydrogens (tertiary/aromatic N) is 1. The molecule has 1 N–H and O–H groups in total. The number of rotatable bonds is 6. The quantitative estimate of drug-likeness (QED) is 0.755. The molecule has 0 aromatic carbocycles. The molecule has 0 spiro atoms. The molecular formula is C13H20N2O3. The van der Waals surface area contributed by atoms with Gasteiger partial charge in [0.05, 0.1) is 7.11 Å². The Morgan fingerprint density at radius 2 is 2.17 bits per heavy atom. The van der Waals surface area contributed by atoms with Crippen molar-refractivity contribution in [3.05, 3.63) is 34.7 Å². The standard InChI is InChI=1S/C13H20N2O3/c1-10(2)12(13(17)18-3)14-7-9-15-8-5-4-6-11(15)16/h4-6,8,10,12,14H,7,9H2,1-3H3. The molecule has 0 saturated carbocycles. The first-order chi connectivity index (χ1) is 8.56. The molecule has 0 fully saturated rings. The van der Waals surface area contributed by atoms with E-state index in [0.29, 0.717) is 13.1 Å². The largest absolute Gasteiger partial charge is 0.468 e. The van der Waals surface area contributed by atoms with E-state index in [9.17, 15) is 9.59 Å². The number of esters is 1. The lowest BCUT2D eigenvalue weighted by Gasteiger charge is -2.20. The lowest BCUT2D eigenvalue weighted by Crippen LogP contribution is -2.43. The van der Waals surface area contributed by atoms with Gasteiger partial charge in [0, 0.05) is 25.4 Å². The third-order valence-electron chi connectivity index (χ3n) is 2.74. The normalized spacial score (nSPS) is 12.4. The van der Waals surface area contributed by atoms with Gasteiger partial charge >= 0.3 is 5.97 Å². The number of aromatic nitrogens is 1. The van der Waals surface area contributed by atoms with Crippen LogP contribution in [0.5, 0.6) is 0 Å². The van der Waals surface area contributed by atoms with Crippen LogP contribution in [0.15, 0.2) is 29.2 Å². The van der Waals surface area contributed by atoms with Crippen molar-refractivity contribution < 1.29 is 9.53 Å². The van der Waals surface area contributed by atoms with Crippen molar-refractivity contribution in [3.8, 4) is 0 Å². The summed E-state index contributed by atoms with van der Waals surface area (Å²) < 4.78 is 6.33. The SMILES string of the molecule is COC(=O)C(NCCn1ccccc1=O)C(C)C. The van der Waals surface area contributed by atoms with Gasteiger partial charge in [-0.2, -0.15) is 0 Å². The van der Waals surface area contributed by atoms with Crippen LogP contribution in [-0.4, -0.2) is 30.2 Å². The number of ether oxygens (including phenoxy) is 1. The van der Waals surface area contributed by atoms with E-state index in [0.717, 1.165) is 0 Å². The number of methoxy groups -OCH3 is 1. The van der Waals surface area contributed by atoms with Crippen LogP contribution in [0.2, 0.25) is 0 Å². The minimum Gasteiger partial charge on any atom is -0.468 e. The molecule has 0 bridgehead atoms. The first kappa shape index (κ1) is 14.4. The summed E-state index contributed by atoms with van der Waals surface area (Å²) >= 11 is 0. The van der Waals surface area contributed by atoms with Crippen molar-refractivity contribution in [2.24, 2.45) is 5.92 Å². The molecule has 0 aliphatic rings. The number of hydrogen-bond acceptors (Lipinski definition) is 4. The number of nitrogens with one attached hydrogen (secondary N) is 1. The maximum Gasteiger partial charge on any atom is 0.323 e. The molecule has 5 nitrogen and oxygen atoms in total. The summed E-state index contributed by atoms with van der Waals surface area (Å²) in [6.45, 7) is 4.97. The number of hydrogen-bond donors (Lipinski definition) is 1. The van der Waals surface area contributed by atoms with E-state index in [4.69, 9.17) is 4.74 Å². The predicted octanol–water partition coefficient (Wildman–Crippen LogP) is 0.635. The first-order valence-electron chi connectivity index (χ1n) is 6.03. The van der Waals surface area contributed by atoms with Gasteiger partial charge in [0.15, 0.2) is 0 Å². The second kappa shape index (κ2) is 6.96. The Morgan fingerprint density at radius 3 is 2.72 bits per heavy atom. The summed E-state index contributed by atoms with van der Waals surface area (Å²) in [5.41, 5.74) is -0.0431. The van der Waals surface area contributed by atoms with Crippen LogP contribution in [0.1, 0.15) is 13.8 Å². The molecule has 1 atom stereocenters. The topological polar surface area (TPSA) is 60.3 Å². The number of carbonyl (C=O) groups excluding carboxylic acids is 1. The fourth-order valence-electron chi connectivity index (χ4n) is 1.70. The first-order valence-corrected chi connectivity index (χ1v) is 6.03. The lowest BCUT2D eigenvalue weighted by atomic mass is 10.1. The van der Waals surface area contributed by atoms with E-state index in [1.54, 1.807) is 16.8 Å². The molecule has 100 valence electrons. The van der Waals surface area contributed by atoms with Crippen LogP contribution in [0.25, 0.3) is 0 Å². The van der Waals surface area contributed by atoms with Crippen LogP contribution < -0.4 is 10.9 Å². The van der Waals surface area contributed by atoms with Crippen LogP contribution in [0.4, 0.5) is 0 Å². The van der Waals surface area contributed by atoms with Gasteiger partial charge in [-0.1, -0.05) is 19.9 Å². The van der Waals surface area contributed by atoms with Gasteiger partial charge in [-0.15, -0.1) is 0 Å². The molecule has 1 aromatic rings. The predicted molar refractivity (Wildman–Crippen MR) is 69.3 cm³/mol.